The number of rotatable bonds is 3. The number of benzene rings is 1. The van der Waals surface area contributed by atoms with Crippen LogP contribution in [0.5, 0.6) is 0 Å². The summed E-state index contributed by atoms with van der Waals surface area (Å²) in [6.07, 6.45) is 2.25. The summed E-state index contributed by atoms with van der Waals surface area (Å²) in [4.78, 5) is 12.5. The van der Waals surface area contributed by atoms with Gasteiger partial charge in [0.25, 0.3) is 0 Å². The average Bonchev–Trinajstić information content (AvgIpc) is 2.49. The molecule has 0 saturated carbocycles. The Morgan fingerprint density at radius 3 is 2.75 bits per heavy atom. The van der Waals surface area contributed by atoms with Crippen LogP contribution in [-0.2, 0) is 4.79 Å². The zero-order chi connectivity index (χ0) is 14.6. The summed E-state index contributed by atoms with van der Waals surface area (Å²) in [6.45, 7) is 3.59. The van der Waals surface area contributed by atoms with Crippen molar-refractivity contribution in [2.24, 2.45) is 5.41 Å². The predicted octanol–water partition coefficient (Wildman–Crippen LogP) is 2.42. The molecule has 5 heteroatoms. The van der Waals surface area contributed by atoms with E-state index in [4.69, 9.17) is 5.26 Å². The maximum atomic E-state index is 13.8. The van der Waals surface area contributed by atoms with E-state index in [1.165, 1.54) is 12.1 Å². The van der Waals surface area contributed by atoms with Gasteiger partial charge in [-0.2, -0.15) is 5.26 Å². The highest BCUT2D eigenvalue weighted by Gasteiger charge is 2.37. The van der Waals surface area contributed by atoms with Crippen LogP contribution >= 0.6 is 0 Å². The van der Waals surface area contributed by atoms with Crippen molar-refractivity contribution in [2.45, 2.75) is 26.2 Å². The van der Waals surface area contributed by atoms with E-state index < -0.39 is 11.2 Å². The van der Waals surface area contributed by atoms with Gasteiger partial charge in [0.2, 0.25) is 5.91 Å². The van der Waals surface area contributed by atoms with Crippen LogP contribution in [0.3, 0.4) is 0 Å². The third kappa shape index (κ3) is 2.81. The first-order valence-electron chi connectivity index (χ1n) is 6.83. The van der Waals surface area contributed by atoms with Gasteiger partial charge in [-0.3, -0.25) is 4.79 Å². The highest BCUT2D eigenvalue weighted by Crippen LogP contribution is 2.34. The zero-order valence-electron chi connectivity index (χ0n) is 11.5. The Morgan fingerprint density at radius 2 is 2.20 bits per heavy atom. The normalized spacial score (nSPS) is 17.2. The molecular formula is C15H18FN3O. The quantitative estimate of drug-likeness (QED) is 0.890. The van der Waals surface area contributed by atoms with E-state index in [0.29, 0.717) is 0 Å². The Morgan fingerprint density at radius 1 is 1.50 bits per heavy atom. The van der Waals surface area contributed by atoms with Crippen molar-refractivity contribution in [2.75, 3.05) is 18.4 Å². The van der Waals surface area contributed by atoms with Crippen molar-refractivity contribution in [1.29, 1.82) is 5.26 Å². The van der Waals surface area contributed by atoms with Crippen LogP contribution in [0.4, 0.5) is 10.1 Å². The first-order chi connectivity index (χ1) is 9.61. The van der Waals surface area contributed by atoms with Crippen molar-refractivity contribution in [3.8, 4) is 6.07 Å². The Kier molecular flexibility index (Phi) is 4.35. The van der Waals surface area contributed by atoms with E-state index >= 15 is 0 Å². The largest absolute Gasteiger partial charge is 0.323 e. The minimum atomic E-state index is -0.572. The van der Waals surface area contributed by atoms with Crippen molar-refractivity contribution < 1.29 is 9.18 Å². The summed E-state index contributed by atoms with van der Waals surface area (Å²) in [6, 6.07) is 5.95. The second-order valence-electron chi connectivity index (χ2n) is 5.14. The second kappa shape index (κ2) is 6.02. The van der Waals surface area contributed by atoms with Gasteiger partial charge in [0, 0.05) is 0 Å². The summed E-state index contributed by atoms with van der Waals surface area (Å²) < 4.78 is 13.8. The number of halogens is 1. The van der Waals surface area contributed by atoms with Gasteiger partial charge in [0.15, 0.2) is 0 Å². The summed E-state index contributed by atoms with van der Waals surface area (Å²) in [5.41, 5.74) is -0.0427. The first kappa shape index (κ1) is 14.5. The molecule has 1 saturated heterocycles. The molecular weight excluding hydrogens is 257 g/mol. The fourth-order valence-electron chi connectivity index (χ4n) is 2.59. The highest BCUT2D eigenvalue weighted by molar-refractivity contribution is 5.95. The number of carbonyl (C=O) groups is 1. The number of nitrogens with one attached hydrogen (secondary N) is 2. The highest BCUT2D eigenvalue weighted by atomic mass is 19.1. The van der Waals surface area contributed by atoms with Crippen molar-refractivity contribution in [3.05, 3.63) is 29.6 Å². The molecule has 0 aromatic heterocycles. The van der Waals surface area contributed by atoms with E-state index in [9.17, 15) is 9.18 Å². The van der Waals surface area contributed by atoms with Gasteiger partial charge in [0.1, 0.15) is 5.82 Å². The number of carbonyl (C=O) groups excluding carboxylic acids is 1. The lowest BCUT2D eigenvalue weighted by atomic mass is 9.76. The van der Waals surface area contributed by atoms with Crippen LogP contribution in [0.15, 0.2) is 18.2 Å². The fourth-order valence-corrected chi connectivity index (χ4v) is 2.59. The molecule has 4 nitrogen and oxygen atoms in total. The minimum Gasteiger partial charge on any atom is -0.323 e. The third-order valence-corrected chi connectivity index (χ3v) is 4.07. The summed E-state index contributed by atoms with van der Waals surface area (Å²) in [5.74, 6) is -0.706. The number of anilines is 1. The topological polar surface area (TPSA) is 64.9 Å². The Hall–Kier alpha value is -1.93. The van der Waals surface area contributed by atoms with E-state index in [0.717, 1.165) is 38.4 Å². The number of nitriles is 1. The van der Waals surface area contributed by atoms with Crippen LogP contribution < -0.4 is 10.6 Å². The first-order valence-corrected chi connectivity index (χ1v) is 6.83. The van der Waals surface area contributed by atoms with E-state index in [2.05, 4.69) is 10.6 Å². The van der Waals surface area contributed by atoms with E-state index in [1.54, 1.807) is 0 Å². The molecule has 2 N–H and O–H groups in total. The maximum absolute atomic E-state index is 13.8. The molecule has 1 amide bonds. The molecule has 0 aliphatic carbocycles. The van der Waals surface area contributed by atoms with Crippen LogP contribution in [0, 0.1) is 22.6 Å². The molecule has 1 fully saturated rings. The maximum Gasteiger partial charge on any atom is 0.230 e. The van der Waals surface area contributed by atoms with Crippen molar-refractivity contribution >= 4 is 11.6 Å². The van der Waals surface area contributed by atoms with Crippen molar-refractivity contribution in [1.82, 2.24) is 5.32 Å². The Bertz CT molecular complexity index is 545. The molecule has 1 aliphatic heterocycles. The molecule has 0 radical (unpaired) electrons. The predicted molar refractivity (Wildman–Crippen MR) is 74.6 cm³/mol. The average molecular weight is 275 g/mol. The SMILES string of the molecule is CCC1(C(=O)Nc2ccc(C#N)cc2F)CCNCC1. The van der Waals surface area contributed by atoms with Gasteiger partial charge in [-0.25, -0.2) is 4.39 Å². The molecule has 0 unspecified atom stereocenters. The minimum absolute atomic E-state index is 0.134. The fraction of sp³-hybridized carbons (Fsp3) is 0.467. The summed E-state index contributed by atoms with van der Waals surface area (Å²) >= 11 is 0. The number of amides is 1. The molecule has 106 valence electrons. The van der Waals surface area contributed by atoms with E-state index in [-0.39, 0.29) is 17.2 Å². The van der Waals surface area contributed by atoms with Crippen LogP contribution in [-0.4, -0.2) is 19.0 Å². The van der Waals surface area contributed by atoms with Crippen LogP contribution in [0.25, 0.3) is 0 Å². The molecule has 1 heterocycles. The molecule has 1 aromatic rings. The number of nitrogens with zero attached hydrogens (tertiary/aromatic N) is 1. The lowest BCUT2D eigenvalue weighted by molar-refractivity contribution is -0.127. The molecule has 2 rings (SSSR count). The second-order valence-corrected chi connectivity index (χ2v) is 5.14. The Labute approximate surface area is 118 Å². The van der Waals surface area contributed by atoms with Crippen molar-refractivity contribution in [3.63, 3.8) is 0 Å². The molecule has 1 aliphatic rings. The summed E-state index contributed by atoms with van der Waals surface area (Å²) in [5, 5.41) is 14.6. The standard InChI is InChI=1S/C15H18FN3O/c1-2-15(5-7-18-8-6-15)14(20)19-13-4-3-11(10-17)9-12(13)16/h3-4,9,18H,2,5-8H2,1H3,(H,19,20). The van der Waals surface area contributed by atoms with Gasteiger partial charge >= 0.3 is 0 Å². The van der Waals surface area contributed by atoms with E-state index in [1.807, 2.05) is 13.0 Å². The number of hydrogen-bond acceptors (Lipinski definition) is 3. The molecule has 1 aromatic carbocycles. The monoisotopic (exact) mass is 275 g/mol. The van der Waals surface area contributed by atoms with Gasteiger partial charge in [-0.1, -0.05) is 6.92 Å². The molecule has 20 heavy (non-hydrogen) atoms. The zero-order valence-corrected chi connectivity index (χ0v) is 11.5. The molecule has 0 bridgehead atoms. The molecule has 0 spiro atoms. The number of piperidine rings is 1. The third-order valence-electron chi connectivity index (χ3n) is 4.07. The van der Waals surface area contributed by atoms with Gasteiger partial charge in [0.05, 0.1) is 22.7 Å². The molecule has 0 atom stereocenters. The van der Waals surface area contributed by atoms with Gasteiger partial charge in [-0.15, -0.1) is 0 Å². The van der Waals surface area contributed by atoms with Gasteiger partial charge in [-0.05, 0) is 50.6 Å². The lowest BCUT2D eigenvalue weighted by Gasteiger charge is -2.35. The van der Waals surface area contributed by atoms with Crippen LogP contribution in [0.1, 0.15) is 31.7 Å². The van der Waals surface area contributed by atoms with Gasteiger partial charge < -0.3 is 10.6 Å². The summed E-state index contributed by atoms with van der Waals surface area (Å²) in [7, 11) is 0. The number of hydrogen-bond donors (Lipinski definition) is 2. The smallest absolute Gasteiger partial charge is 0.230 e. The Balaban J connectivity index is 2.16. The lowest BCUT2D eigenvalue weighted by Crippen LogP contribution is -2.44. The van der Waals surface area contributed by atoms with Crippen LogP contribution in [0.2, 0.25) is 0 Å².